The Hall–Kier alpha value is -1.89. The van der Waals surface area contributed by atoms with Crippen molar-refractivity contribution in [3.63, 3.8) is 0 Å². The maximum Gasteiger partial charge on any atom is 0.227 e. The van der Waals surface area contributed by atoms with Crippen LogP contribution in [-0.2, 0) is 0 Å². The van der Waals surface area contributed by atoms with Gasteiger partial charge in [0, 0.05) is 62.7 Å². The van der Waals surface area contributed by atoms with Crippen LogP contribution >= 0.6 is 15.9 Å². The van der Waals surface area contributed by atoms with Gasteiger partial charge in [-0.05, 0) is 35.0 Å². The van der Waals surface area contributed by atoms with Gasteiger partial charge in [-0.2, -0.15) is 4.98 Å². The molecule has 0 amide bonds. The van der Waals surface area contributed by atoms with Crippen molar-refractivity contribution in [2.45, 2.75) is 6.92 Å². The van der Waals surface area contributed by atoms with Crippen LogP contribution in [0.1, 0.15) is 5.69 Å². The molecule has 3 rings (SSSR count). The second-order valence-corrected chi connectivity index (χ2v) is 6.79. The molecule has 7 heteroatoms. The molecular formula is C16H21BrN6. The number of pyridine rings is 1. The minimum absolute atomic E-state index is 0.817. The van der Waals surface area contributed by atoms with Gasteiger partial charge in [-0.25, -0.2) is 9.97 Å². The van der Waals surface area contributed by atoms with Gasteiger partial charge in [-0.3, -0.25) is 0 Å². The fraction of sp³-hybridized carbons (Fsp3) is 0.438. The van der Waals surface area contributed by atoms with Crippen molar-refractivity contribution in [3.8, 4) is 0 Å². The summed E-state index contributed by atoms with van der Waals surface area (Å²) in [4.78, 5) is 20.3. The van der Waals surface area contributed by atoms with Crippen molar-refractivity contribution in [2.24, 2.45) is 0 Å². The second kappa shape index (κ2) is 6.70. The molecule has 23 heavy (non-hydrogen) atoms. The summed E-state index contributed by atoms with van der Waals surface area (Å²) in [5, 5.41) is 0. The van der Waals surface area contributed by atoms with Crippen LogP contribution in [0.5, 0.6) is 0 Å². The van der Waals surface area contributed by atoms with Crippen molar-refractivity contribution in [1.82, 2.24) is 15.0 Å². The third kappa shape index (κ3) is 3.72. The summed E-state index contributed by atoms with van der Waals surface area (Å²) in [6, 6.07) is 6.08. The molecule has 122 valence electrons. The van der Waals surface area contributed by atoms with E-state index in [-0.39, 0.29) is 0 Å². The highest BCUT2D eigenvalue weighted by molar-refractivity contribution is 9.10. The number of piperazine rings is 1. The molecule has 0 bridgehead atoms. The van der Waals surface area contributed by atoms with Gasteiger partial charge in [0.05, 0.1) is 0 Å². The minimum Gasteiger partial charge on any atom is -0.363 e. The smallest absolute Gasteiger partial charge is 0.227 e. The van der Waals surface area contributed by atoms with Gasteiger partial charge in [0.15, 0.2) is 0 Å². The van der Waals surface area contributed by atoms with E-state index in [4.69, 9.17) is 0 Å². The molecule has 0 atom stereocenters. The first-order valence-electron chi connectivity index (χ1n) is 7.67. The normalized spacial score (nSPS) is 15.0. The van der Waals surface area contributed by atoms with Gasteiger partial charge in [-0.15, -0.1) is 0 Å². The topological polar surface area (TPSA) is 48.4 Å². The number of aromatic nitrogens is 3. The number of nitrogens with zero attached hydrogens (tertiary/aromatic N) is 6. The van der Waals surface area contributed by atoms with Gasteiger partial charge in [0.2, 0.25) is 5.95 Å². The fourth-order valence-electron chi connectivity index (χ4n) is 2.60. The molecular weight excluding hydrogens is 356 g/mol. The van der Waals surface area contributed by atoms with Gasteiger partial charge >= 0.3 is 0 Å². The molecule has 6 nitrogen and oxygen atoms in total. The number of hydrogen-bond donors (Lipinski definition) is 0. The maximum absolute atomic E-state index is 4.67. The molecule has 1 fully saturated rings. The SMILES string of the molecule is Cc1cc(N(C)C)nc(N2CCN(c3ccc(Br)cn3)CC2)n1. The first-order valence-corrected chi connectivity index (χ1v) is 8.47. The minimum atomic E-state index is 0.817. The first-order chi connectivity index (χ1) is 11.0. The molecule has 0 N–H and O–H groups in total. The average molecular weight is 377 g/mol. The van der Waals surface area contributed by atoms with Gasteiger partial charge < -0.3 is 14.7 Å². The lowest BCUT2D eigenvalue weighted by Gasteiger charge is -2.35. The van der Waals surface area contributed by atoms with Gasteiger partial charge in [0.25, 0.3) is 0 Å². The molecule has 0 unspecified atom stereocenters. The Kier molecular flexibility index (Phi) is 4.66. The Morgan fingerprint density at radius 3 is 2.35 bits per heavy atom. The van der Waals surface area contributed by atoms with Crippen LogP contribution in [0.2, 0.25) is 0 Å². The summed E-state index contributed by atoms with van der Waals surface area (Å²) in [6.45, 7) is 5.65. The van der Waals surface area contributed by atoms with Crippen molar-refractivity contribution in [1.29, 1.82) is 0 Å². The first kappa shape index (κ1) is 16.0. The highest BCUT2D eigenvalue weighted by atomic mass is 79.9. The molecule has 0 spiro atoms. The van der Waals surface area contributed by atoms with Crippen molar-refractivity contribution >= 4 is 33.5 Å². The monoisotopic (exact) mass is 376 g/mol. The van der Waals surface area contributed by atoms with E-state index in [0.29, 0.717) is 0 Å². The molecule has 2 aromatic heterocycles. The van der Waals surface area contributed by atoms with Crippen LogP contribution in [0, 0.1) is 6.92 Å². The van der Waals surface area contributed by atoms with E-state index < -0.39 is 0 Å². The number of anilines is 3. The third-order valence-corrected chi connectivity index (χ3v) is 4.35. The van der Waals surface area contributed by atoms with Gasteiger partial charge in [0.1, 0.15) is 11.6 Å². The molecule has 0 saturated carbocycles. The zero-order valence-corrected chi connectivity index (χ0v) is 15.3. The lowest BCUT2D eigenvalue weighted by atomic mass is 10.3. The van der Waals surface area contributed by atoms with Crippen LogP contribution in [-0.4, -0.2) is 55.2 Å². The summed E-state index contributed by atoms with van der Waals surface area (Å²) in [5.74, 6) is 2.79. The maximum atomic E-state index is 4.67. The summed E-state index contributed by atoms with van der Waals surface area (Å²) >= 11 is 3.42. The summed E-state index contributed by atoms with van der Waals surface area (Å²) < 4.78 is 1.00. The molecule has 2 aromatic rings. The Labute approximate surface area is 145 Å². The number of rotatable bonds is 3. The molecule has 1 aliphatic rings. The van der Waals surface area contributed by atoms with E-state index in [1.165, 1.54) is 0 Å². The summed E-state index contributed by atoms with van der Waals surface area (Å²) in [6.07, 6.45) is 1.84. The summed E-state index contributed by atoms with van der Waals surface area (Å²) in [5.41, 5.74) is 0.996. The van der Waals surface area contributed by atoms with E-state index in [9.17, 15) is 0 Å². The van der Waals surface area contributed by atoms with Crippen molar-refractivity contribution in [2.75, 3.05) is 55.0 Å². The Morgan fingerprint density at radius 2 is 1.74 bits per heavy atom. The lowest BCUT2D eigenvalue weighted by molar-refractivity contribution is 0.633. The highest BCUT2D eigenvalue weighted by Gasteiger charge is 2.20. The quantitative estimate of drug-likeness (QED) is 0.819. The molecule has 0 radical (unpaired) electrons. The fourth-order valence-corrected chi connectivity index (χ4v) is 2.83. The lowest BCUT2D eigenvalue weighted by Crippen LogP contribution is -2.47. The van der Waals surface area contributed by atoms with E-state index in [0.717, 1.165) is 53.9 Å². The highest BCUT2D eigenvalue weighted by Crippen LogP contribution is 2.20. The van der Waals surface area contributed by atoms with Crippen LogP contribution < -0.4 is 14.7 Å². The molecule has 1 saturated heterocycles. The zero-order chi connectivity index (χ0) is 16.4. The van der Waals surface area contributed by atoms with Crippen LogP contribution in [0.4, 0.5) is 17.6 Å². The Morgan fingerprint density at radius 1 is 1.04 bits per heavy atom. The number of hydrogen-bond acceptors (Lipinski definition) is 6. The number of halogens is 1. The molecule has 1 aliphatic heterocycles. The summed E-state index contributed by atoms with van der Waals surface area (Å²) in [7, 11) is 4.01. The Balaban J connectivity index is 1.70. The van der Waals surface area contributed by atoms with Crippen molar-refractivity contribution < 1.29 is 0 Å². The molecule has 0 aromatic carbocycles. The van der Waals surface area contributed by atoms with Crippen molar-refractivity contribution in [3.05, 3.63) is 34.6 Å². The predicted octanol–water partition coefficient (Wildman–Crippen LogP) is 2.34. The molecule has 3 heterocycles. The van der Waals surface area contributed by atoms with E-state index in [1.807, 2.05) is 50.3 Å². The van der Waals surface area contributed by atoms with Crippen LogP contribution in [0.25, 0.3) is 0 Å². The second-order valence-electron chi connectivity index (χ2n) is 5.87. The standard InChI is InChI=1S/C16H21BrN6/c1-12-10-15(21(2)3)20-16(19-12)23-8-6-22(7-9-23)14-5-4-13(17)11-18-14/h4-5,10-11H,6-9H2,1-3H3. The predicted molar refractivity (Wildman–Crippen MR) is 97.5 cm³/mol. The Bertz CT molecular complexity index is 665. The van der Waals surface area contributed by atoms with E-state index in [2.05, 4.69) is 40.7 Å². The average Bonchev–Trinajstić information content (AvgIpc) is 2.55. The largest absolute Gasteiger partial charge is 0.363 e. The third-order valence-electron chi connectivity index (χ3n) is 3.89. The van der Waals surface area contributed by atoms with Gasteiger partial charge in [-0.1, -0.05) is 0 Å². The molecule has 0 aliphatic carbocycles. The zero-order valence-electron chi connectivity index (χ0n) is 13.7. The van der Waals surface area contributed by atoms with E-state index in [1.54, 1.807) is 0 Å². The van der Waals surface area contributed by atoms with E-state index >= 15 is 0 Å². The van der Waals surface area contributed by atoms with Crippen LogP contribution in [0.3, 0.4) is 0 Å². The van der Waals surface area contributed by atoms with Crippen LogP contribution in [0.15, 0.2) is 28.9 Å². The number of aryl methyl sites for hydroxylation is 1.